The average molecular weight is 323 g/mol. The van der Waals surface area contributed by atoms with E-state index in [1.807, 2.05) is 18.2 Å². The number of anilines is 3. The van der Waals surface area contributed by atoms with Gasteiger partial charge in [-0.3, -0.25) is 9.78 Å². The number of phenols is 1. The number of methoxy groups -OCH3 is 1. The standard InChI is InChI=1S/C18H17N3O3/c1-11(22)20-16-7-6-14-15(8-9-19-17(14)18(16)24-2)21-12-4-3-5-13(23)10-12/h3-10,23H,1-2H3,(H,19,21)(H,20,22). The van der Waals surface area contributed by atoms with Gasteiger partial charge in [0.15, 0.2) is 5.75 Å². The molecule has 3 rings (SSSR count). The minimum absolute atomic E-state index is 0.179. The number of carbonyl (C=O) groups is 1. The minimum Gasteiger partial charge on any atom is -0.508 e. The zero-order valence-corrected chi connectivity index (χ0v) is 13.3. The number of pyridine rings is 1. The van der Waals surface area contributed by atoms with Crippen LogP contribution in [0, 0.1) is 0 Å². The Balaban J connectivity index is 2.08. The van der Waals surface area contributed by atoms with Crippen molar-refractivity contribution in [3.63, 3.8) is 0 Å². The molecule has 2 aromatic carbocycles. The largest absolute Gasteiger partial charge is 0.508 e. The third-order valence-corrected chi connectivity index (χ3v) is 3.51. The molecule has 0 unspecified atom stereocenters. The summed E-state index contributed by atoms with van der Waals surface area (Å²) in [7, 11) is 1.54. The highest BCUT2D eigenvalue weighted by Gasteiger charge is 2.13. The second kappa shape index (κ2) is 6.45. The van der Waals surface area contributed by atoms with Gasteiger partial charge in [-0.25, -0.2) is 0 Å². The van der Waals surface area contributed by atoms with Crippen molar-refractivity contribution in [2.24, 2.45) is 0 Å². The Hall–Kier alpha value is -3.28. The number of aromatic nitrogens is 1. The number of fused-ring (bicyclic) bond motifs is 1. The topological polar surface area (TPSA) is 83.5 Å². The van der Waals surface area contributed by atoms with Crippen LogP contribution in [0.1, 0.15) is 6.92 Å². The number of phenolic OH excluding ortho intramolecular Hbond substituents is 1. The normalized spacial score (nSPS) is 10.4. The molecule has 24 heavy (non-hydrogen) atoms. The number of amides is 1. The fraction of sp³-hybridized carbons (Fsp3) is 0.111. The molecule has 1 aromatic heterocycles. The first-order valence-electron chi connectivity index (χ1n) is 7.38. The Bertz CT molecular complexity index is 909. The van der Waals surface area contributed by atoms with Gasteiger partial charge in [-0.1, -0.05) is 6.07 Å². The fourth-order valence-corrected chi connectivity index (χ4v) is 2.54. The van der Waals surface area contributed by atoms with Crippen LogP contribution in [0.4, 0.5) is 17.1 Å². The van der Waals surface area contributed by atoms with Crippen LogP contribution in [0.2, 0.25) is 0 Å². The molecule has 0 aliphatic carbocycles. The van der Waals surface area contributed by atoms with E-state index >= 15 is 0 Å². The van der Waals surface area contributed by atoms with Gasteiger partial charge in [0, 0.05) is 35.9 Å². The van der Waals surface area contributed by atoms with E-state index in [1.54, 1.807) is 30.5 Å². The molecule has 122 valence electrons. The smallest absolute Gasteiger partial charge is 0.221 e. The van der Waals surface area contributed by atoms with Crippen LogP contribution < -0.4 is 15.4 Å². The van der Waals surface area contributed by atoms with Crippen molar-refractivity contribution < 1.29 is 14.6 Å². The zero-order valence-electron chi connectivity index (χ0n) is 13.3. The van der Waals surface area contributed by atoms with Crippen molar-refractivity contribution in [3.05, 3.63) is 48.7 Å². The van der Waals surface area contributed by atoms with Crippen LogP contribution in [-0.2, 0) is 4.79 Å². The van der Waals surface area contributed by atoms with Gasteiger partial charge in [-0.05, 0) is 30.3 Å². The number of hydrogen-bond donors (Lipinski definition) is 3. The maximum atomic E-state index is 11.3. The highest BCUT2D eigenvalue weighted by Crippen LogP contribution is 2.36. The summed E-state index contributed by atoms with van der Waals surface area (Å²) in [6, 6.07) is 12.3. The summed E-state index contributed by atoms with van der Waals surface area (Å²) in [4.78, 5) is 15.7. The molecule has 3 aromatic rings. The molecular weight excluding hydrogens is 306 g/mol. The predicted octanol–water partition coefficient (Wildman–Crippen LogP) is 3.65. The van der Waals surface area contributed by atoms with Crippen LogP contribution in [0.25, 0.3) is 10.9 Å². The SMILES string of the molecule is COc1c(NC(C)=O)ccc2c(Nc3cccc(O)c3)ccnc12. The average Bonchev–Trinajstić information content (AvgIpc) is 2.54. The van der Waals surface area contributed by atoms with E-state index in [2.05, 4.69) is 15.6 Å². The van der Waals surface area contributed by atoms with Gasteiger partial charge in [0.05, 0.1) is 12.8 Å². The van der Waals surface area contributed by atoms with Gasteiger partial charge in [0.2, 0.25) is 5.91 Å². The van der Waals surface area contributed by atoms with Crippen LogP contribution in [0.5, 0.6) is 11.5 Å². The van der Waals surface area contributed by atoms with Crippen molar-refractivity contribution >= 4 is 33.9 Å². The van der Waals surface area contributed by atoms with Gasteiger partial charge in [0.1, 0.15) is 11.3 Å². The van der Waals surface area contributed by atoms with E-state index in [0.717, 1.165) is 16.8 Å². The van der Waals surface area contributed by atoms with Crippen molar-refractivity contribution in [2.75, 3.05) is 17.7 Å². The van der Waals surface area contributed by atoms with Gasteiger partial charge in [-0.2, -0.15) is 0 Å². The molecule has 0 saturated carbocycles. The van der Waals surface area contributed by atoms with Gasteiger partial charge in [-0.15, -0.1) is 0 Å². The van der Waals surface area contributed by atoms with Crippen molar-refractivity contribution in [2.45, 2.75) is 6.92 Å². The molecular formula is C18H17N3O3. The van der Waals surface area contributed by atoms with Crippen molar-refractivity contribution in [3.8, 4) is 11.5 Å². The summed E-state index contributed by atoms with van der Waals surface area (Å²) in [6.07, 6.45) is 1.66. The fourth-order valence-electron chi connectivity index (χ4n) is 2.54. The van der Waals surface area contributed by atoms with E-state index in [1.165, 1.54) is 14.0 Å². The lowest BCUT2D eigenvalue weighted by atomic mass is 10.1. The Labute approximate surface area is 139 Å². The number of nitrogens with one attached hydrogen (secondary N) is 2. The Kier molecular flexibility index (Phi) is 4.20. The molecule has 0 atom stereocenters. The summed E-state index contributed by atoms with van der Waals surface area (Å²) in [5.41, 5.74) is 2.78. The third-order valence-electron chi connectivity index (χ3n) is 3.51. The van der Waals surface area contributed by atoms with Crippen LogP contribution in [-0.4, -0.2) is 23.1 Å². The van der Waals surface area contributed by atoms with E-state index in [-0.39, 0.29) is 11.7 Å². The molecule has 0 aliphatic heterocycles. The molecule has 0 radical (unpaired) electrons. The molecule has 6 heteroatoms. The lowest BCUT2D eigenvalue weighted by Gasteiger charge is -2.14. The monoisotopic (exact) mass is 323 g/mol. The molecule has 0 spiro atoms. The van der Waals surface area contributed by atoms with Crippen LogP contribution >= 0.6 is 0 Å². The minimum atomic E-state index is -0.179. The second-order valence-corrected chi connectivity index (χ2v) is 5.26. The van der Waals surface area contributed by atoms with Crippen molar-refractivity contribution in [1.82, 2.24) is 4.98 Å². The molecule has 0 bridgehead atoms. The molecule has 1 heterocycles. The van der Waals surface area contributed by atoms with Gasteiger partial charge < -0.3 is 20.5 Å². The first-order chi connectivity index (χ1) is 11.6. The molecule has 3 N–H and O–H groups in total. The zero-order chi connectivity index (χ0) is 17.1. The van der Waals surface area contributed by atoms with E-state index in [0.29, 0.717) is 17.0 Å². The van der Waals surface area contributed by atoms with Crippen LogP contribution in [0.15, 0.2) is 48.7 Å². The lowest BCUT2D eigenvalue weighted by molar-refractivity contribution is -0.114. The lowest BCUT2D eigenvalue weighted by Crippen LogP contribution is -2.07. The first-order valence-corrected chi connectivity index (χ1v) is 7.38. The number of aromatic hydroxyl groups is 1. The summed E-state index contributed by atoms with van der Waals surface area (Å²) in [5.74, 6) is 0.507. The summed E-state index contributed by atoms with van der Waals surface area (Å²) in [5, 5.41) is 16.4. The number of rotatable bonds is 4. The predicted molar refractivity (Wildman–Crippen MR) is 94.0 cm³/mol. The number of carbonyl (C=O) groups excluding carboxylic acids is 1. The number of hydrogen-bond acceptors (Lipinski definition) is 5. The maximum Gasteiger partial charge on any atom is 0.221 e. The Morgan fingerprint density at radius 3 is 2.71 bits per heavy atom. The summed E-state index contributed by atoms with van der Waals surface area (Å²) < 4.78 is 5.44. The third kappa shape index (κ3) is 3.08. The first kappa shape index (κ1) is 15.6. The molecule has 0 saturated heterocycles. The van der Waals surface area contributed by atoms with E-state index in [9.17, 15) is 9.90 Å². The van der Waals surface area contributed by atoms with E-state index < -0.39 is 0 Å². The Morgan fingerprint density at radius 1 is 1.17 bits per heavy atom. The number of benzene rings is 2. The molecule has 1 amide bonds. The quantitative estimate of drug-likeness (QED) is 0.682. The Morgan fingerprint density at radius 2 is 2.00 bits per heavy atom. The number of ether oxygens (including phenoxy) is 1. The maximum absolute atomic E-state index is 11.3. The highest BCUT2D eigenvalue weighted by molar-refractivity contribution is 6.02. The highest BCUT2D eigenvalue weighted by atomic mass is 16.5. The van der Waals surface area contributed by atoms with Gasteiger partial charge >= 0.3 is 0 Å². The number of nitrogens with zero attached hydrogens (tertiary/aromatic N) is 1. The van der Waals surface area contributed by atoms with Gasteiger partial charge in [0.25, 0.3) is 0 Å². The summed E-state index contributed by atoms with van der Waals surface area (Å²) >= 11 is 0. The van der Waals surface area contributed by atoms with Crippen molar-refractivity contribution in [1.29, 1.82) is 0 Å². The molecule has 0 aliphatic rings. The molecule has 6 nitrogen and oxygen atoms in total. The summed E-state index contributed by atoms with van der Waals surface area (Å²) in [6.45, 7) is 1.44. The van der Waals surface area contributed by atoms with Crippen LogP contribution in [0.3, 0.4) is 0 Å². The molecule has 0 fully saturated rings. The second-order valence-electron chi connectivity index (χ2n) is 5.26. The van der Waals surface area contributed by atoms with E-state index in [4.69, 9.17) is 4.74 Å².